The molecule has 1 N–H and O–H groups in total. The predicted octanol–water partition coefficient (Wildman–Crippen LogP) is 4.02. The van der Waals surface area contributed by atoms with E-state index in [1.165, 1.54) is 11.8 Å². The van der Waals surface area contributed by atoms with Crippen molar-refractivity contribution in [2.75, 3.05) is 37.6 Å². The van der Waals surface area contributed by atoms with Gasteiger partial charge in [-0.25, -0.2) is 0 Å². The van der Waals surface area contributed by atoms with Crippen molar-refractivity contribution in [2.45, 2.75) is 12.7 Å². The minimum absolute atomic E-state index is 0.289. The molecule has 1 aliphatic heterocycles. The van der Waals surface area contributed by atoms with Gasteiger partial charge in [-0.1, -0.05) is 29.5 Å². The zero-order valence-electron chi connectivity index (χ0n) is 15.2. The molecule has 4 rings (SSSR count). The lowest BCUT2D eigenvalue weighted by Crippen LogP contribution is -2.47. The number of rotatable bonds is 4. The summed E-state index contributed by atoms with van der Waals surface area (Å²) in [5, 5.41) is 8.16. The first-order valence-corrected chi connectivity index (χ1v) is 10.0. The molecule has 0 aliphatic carbocycles. The highest BCUT2D eigenvalue weighted by molar-refractivity contribution is 7.16. The lowest BCUT2D eigenvalue weighted by molar-refractivity contribution is -0.137. The van der Waals surface area contributed by atoms with E-state index >= 15 is 0 Å². The molecule has 0 amide bonds. The third-order valence-electron chi connectivity index (χ3n) is 5.16. The van der Waals surface area contributed by atoms with Gasteiger partial charge in [0, 0.05) is 45.0 Å². The van der Waals surface area contributed by atoms with Crippen LogP contribution in [-0.2, 0) is 12.7 Å². The van der Waals surface area contributed by atoms with Crippen molar-refractivity contribution in [1.82, 2.24) is 9.47 Å². The molecule has 0 bridgehead atoms. The molecule has 0 radical (unpaired) electrons. The van der Waals surface area contributed by atoms with Gasteiger partial charge in [-0.05, 0) is 30.3 Å². The fraction of sp³-hybridized carbons (Fsp3) is 0.350. The monoisotopic (exact) mass is 406 g/mol. The third-order valence-corrected chi connectivity index (χ3v) is 6.12. The molecule has 1 saturated heterocycles. The molecule has 2 heterocycles. The number of piperazine rings is 1. The van der Waals surface area contributed by atoms with Crippen molar-refractivity contribution in [3.63, 3.8) is 0 Å². The summed E-state index contributed by atoms with van der Waals surface area (Å²) in [6.45, 7) is 5.15. The summed E-state index contributed by atoms with van der Waals surface area (Å²) in [6, 6.07) is 14.1. The zero-order valence-corrected chi connectivity index (χ0v) is 16.1. The largest absolute Gasteiger partial charge is 0.416 e. The van der Waals surface area contributed by atoms with Gasteiger partial charge >= 0.3 is 6.18 Å². The summed E-state index contributed by atoms with van der Waals surface area (Å²) in [5.41, 5.74) is 1.27. The number of halogens is 3. The Morgan fingerprint density at radius 1 is 0.929 bits per heavy atom. The van der Waals surface area contributed by atoms with Crippen LogP contribution in [-0.4, -0.2) is 42.2 Å². The fourth-order valence-corrected chi connectivity index (χ4v) is 4.57. The van der Waals surface area contributed by atoms with Crippen molar-refractivity contribution in [3.05, 3.63) is 58.9 Å². The molecule has 148 valence electrons. The summed E-state index contributed by atoms with van der Waals surface area (Å²) in [6.07, 6.45) is -4.36. The van der Waals surface area contributed by atoms with E-state index in [9.17, 15) is 13.2 Å². The summed E-state index contributed by atoms with van der Waals surface area (Å²) in [4.78, 5) is 5.00. The minimum Gasteiger partial charge on any atom is -0.369 e. The summed E-state index contributed by atoms with van der Waals surface area (Å²) in [5.74, 6) is 0. The molecule has 0 unspecified atom stereocenters. The summed E-state index contributed by atoms with van der Waals surface area (Å²) < 4.78 is 41.0. The number of anilines is 1. The lowest BCUT2D eigenvalue weighted by atomic mass is 10.2. The van der Waals surface area contributed by atoms with Gasteiger partial charge in [0.25, 0.3) is 0 Å². The number of nitrogens with zero attached hydrogens (tertiary/aromatic N) is 3. The Balaban J connectivity index is 1.41. The van der Waals surface area contributed by atoms with Crippen LogP contribution in [0, 0.1) is 5.41 Å². The van der Waals surface area contributed by atoms with Crippen LogP contribution in [0.25, 0.3) is 10.2 Å². The first kappa shape index (κ1) is 19.0. The number of hydrogen-bond donors (Lipinski definition) is 1. The van der Waals surface area contributed by atoms with Gasteiger partial charge in [0.2, 0.25) is 0 Å². The standard InChI is InChI=1S/C20H21F3N4S/c21-20(22,23)15-6-7-17-18(14-15)28-19(24)27(17)13-10-25-8-11-26(12-9-25)16-4-2-1-3-5-16/h1-7,14,24H,8-13H2. The van der Waals surface area contributed by atoms with Crippen molar-refractivity contribution < 1.29 is 13.2 Å². The quantitative estimate of drug-likeness (QED) is 0.710. The number of hydrogen-bond acceptors (Lipinski definition) is 4. The normalized spacial score (nSPS) is 16.0. The maximum atomic E-state index is 12.9. The highest BCUT2D eigenvalue weighted by Crippen LogP contribution is 2.32. The highest BCUT2D eigenvalue weighted by Gasteiger charge is 2.30. The van der Waals surface area contributed by atoms with E-state index in [1.54, 1.807) is 0 Å². The average Bonchev–Trinajstić information content (AvgIpc) is 3.01. The van der Waals surface area contributed by atoms with E-state index in [1.807, 2.05) is 22.8 Å². The Bertz CT molecular complexity index is 1000. The highest BCUT2D eigenvalue weighted by atomic mass is 32.1. The Hall–Kier alpha value is -2.32. The molecule has 28 heavy (non-hydrogen) atoms. The molecule has 2 aromatic carbocycles. The van der Waals surface area contributed by atoms with E-state index in [2.05, 4.69) is 21.9 Å². The van der Waals surface area contributed by atoms with Crippen LogP contribution in [0.2, 0.25) is 0 Å². The van der Waals surface area contributed by atoms with Crippen LogP contribution in [0.3, 0.4) is 0 Å². The topological polar surface area (TPSA) is 35.3 Å². The Kier molecular flexibility index (Phi) is 5.16. The number of fused-ring (bicyclic) bond motifs is 1. The van der Waals surface area contributed by atoms with Gasteiger partial charge in [-0.3, -0.25) is 10.3 Å². The molecule has 4 nitrogen and oxygen atoms in total. The van der Waals surface area contributed by atoms with E-state index in [4.69, 9.17) is 5.41 Å². The van der Waals surface area contributed by atoms with Crippen LogP contribution in [0.15, 0.2) is 48.5 Å². The summed E-state index contributed by atoms with van der Waals surface area (Å²) in [7, 11) is 0. The van der Waals surface area contributed by atoms with Crippen LogP contribution >= 0.6 is 11.3 Å². The molecular formula is C20H21F3N4S. The molecule has 1 fully saturated rings. The molecular weight excluding hydrogens is 385 g/mol. The Morgan fingerprint density at radius 3 is 2.32 bits per heavy atom. The van der Waals surface area contributed by atoms with E-state index < -0.39 is 11.7 Å². The lowest BCUT2D eigenvalue weighted by Gasteiger charge is -2.36. The van der Waals surface area contributed by atoms with Gasteiger partial charge in [-0.15, -0.1) is 0 Å². The van der Waals surface area contributed by atoms with Crippen molar-refractivity contribution in [2.24, 2.45) is 0 Å². The zero-order chi connectivity index (χ0) is 19.7. The maximum absolute atomic E-state index is 12.9. The first-order chi connectivity index (χ1) is 13.4. The molecule has 0 spiro atoms. The summed E-state index contributed by atoms with van der Waals surface area (Å²) >= 11 is 1.10. The molecule has 0 saturated carbocycles. The van der Waals surface area contributed by atoms with E-state index in [0.717, 1.165) is 56.2 Å². The smallest absolute Gasteiger partial charge is 0.369 e. The number of benzene rings is 2. The Labute approximate surface area is 164 Å². The number of alkyl halides is 3. The van der Waals surface area contributed by atoms with Crippen LogP contribution < -0.4 is 9.70 Å². The van der Waals surface area contributed by atoms with Crippen LogP contribution in [0.4, 0.5) is 18.9 Å². The number of thiazole rings is 1. The van der Waals surface area contributed by atoms with Gasteiger partial charge < -0.3 is 9.47 Å². The molecule has 1 aromatic heterocycles. The van der Waals surface area contributed by atoms with Crippen molar-refractivity contribution in [1.29, 1.82) is 5.41 Å². The van der Waals surface area contributed by atoms with Gasteiger partial charge in [0.1, 0.15) is 0 Å². The van der Waals surface area contributed by atoms with E-state index in [0.29, 0.717) is 16.8 Å². The van der Waals surface area contributed by atoms with E-state index in [-0.39, 0.29) is 4.80 Å². The van der Waals surface area contributed by atoms with Crippen molar-refractivity contribution >= 4 is 27.2 Å². The SMILES string of the molecule is N=c1sc2cc(C(F)(F)F)ccc2n1CCN1CCN(c2ccccc2)CC1. The van der Waals surface area contributed by atoms with Gasteiger partial charge in [-0.2, -0.15) is 13.2 Å². The number of para-hydroxylation sites is 1. The average molecular weight is 406 g/mol. The second-order valence-corrected chi connectivity index (χ2v) is 7.93. The maximum Gasteiger partial charge on any atom is 0.416 e. The number of nitrogens with one attached hydrogen (secondary N) is 1. The molecule has 0 atom stereocenters. The fourth-order valence-electron chi connectivity index (χ4n) is 3.60. The minimum atomic E-state index is -4.36. The predicted molar refractivity (Wildman–Crippen MR) is 106 cm³/mol. The van der Waals surface area contributed by atoms with Gasteiger partial charge in [0.15, 0.2) is 4.80 Å². The molecule has 3 aromatic rings. The van der Waals surface area contributed by atoms with Crippen LogP contribution in [0.1, 0.15) is 5.56 Å². The third kappa shape index (κ3) is 3.93. The number of aromatic nitrogens is 1. The van der Waals surface area contributed by atoms with Crippen LogP contribution in [0.5, 0.6) is 0 Å². The second-order valence-electron chi connectivity index (χ2n) is 6.90. The Morgan fingerprint density at radius 2 is 1.64 bits per heavy atom. The molecule has 1 aliphatic rings. The first-order valence-electron chi connectivity index (χ1n) is 9.19. The van der Waals surface area contributed by atoms with Crippen molar-refractivity contribution in [3.8, 4) is 0 Å². The molecule has 8 heteroatoms. The van der Waals surface area contributed by atoms with Gasteiger partial charge in [0.05, 0.1) is 15.8 Å². The second kappa shape index (κ2) is 7.60.